The van der Waals surface area contributed by atoms with Gasteiger partial charge in [-0.15, -0.1) is 0 Å². The first-order valence-corrected chi connectivity index (χ1v) is 5.17. The molecule has 1 aromatic carbocycles. The molecule has 0 heterocycles. The standard InChI is InChI=1S/C11H16N2O4/c1-16-8-11(17-2)7-12-9-4-3-5-10(6-9)13(14)15/h3-6,11-12H,7-8H2,1-2H3. The van der Waals surface area contributed by atoms with Crippen LogP contribution < -0.4 is 5.32 Å². The summed E-state index contributed by atoms with van der Waals surface area (Å²) in [5.74, 6) is 0. The van der Waals surface area contributed by atoms with E-state index in [0.29, 0.717) is 18.8 Å². The smallest absolute Gasteiger partial charge is 0.271 e. The Morgan fingerprint density at radius 1 is 1.47 bits per heavy atom. The van der Waals surface area contributed by atoms with E-state index in [-0.39, 0.29) is 11.8 Å². The number of nitrogens with zero attached hydrogens (tertiary/aromatic N) is 1. The van der Waals surface area contributed by atoms with Crippen molar-refractivity contribution in [2.45, 2.75) is 6.10 Å². The minimum Gasteiger partial charge on any atom is -0.382 e. The molecule has 0 amide bonds. The molecule has 0 aliphatic rings. The number of benzene rings is 1. The molecule has 0 radical (unpaired) electrons. The van der Waals surface area contributed by atoms with Gasteiger partial charge >= 0.3 is 0 Å². The molecule has 0 saturated heterocycles. The Bertz CT molecular complexity index is 370. The second-order valence-corrected chi connectivity index (χ2v) is 3.50. The predicted octanol–water partition coefficient (Wildman–Crippen LogP) is 1.67. The highest BCUT2D eigenvalue weighted by Gasteiger charge is 2.08. The van der Waals surface area contributed by atoms with Crippen LogP contribution in [0.5, 0.6) is 0 Å². The summed E-state index contributed by atoms with van der Waals surface area (Å²) < 4.78 is 10.1. The van der Waals surface area contributed by atoms with Crippen LogP contribution in [-0.4, -0.2) is 38.4 Å². The summed E-state index contributed by atoms with van der Waals surface area (Å²) in [4.78, 5) is 10.2. The highest BCUT2D eigenvalue weighted by atomic mass is 16.6. The van der Waals surface area contributed by atoms with Gasteiger partial charge in [0.1, 0.15) is 0 Å². The minimum atomic E-state index is -0.422. The summed E-state index contributed by atoms with van der Waals surface area (Å²) in [5.41, 5.74) is 0.757. The lowest BCUT2D eigenvalue weighted by molar-refractivity contribution is -0.384. The van der Waals surface area contributed by atoms with Crippen molar-refractivity contribution in [3.63, 3.8) is 0 Å². The van der Waals surface area contributed by atoms with Crippen LogP contribution in [0.1, 0.15) is 0 Å². The number of nitrogens with one attached hydrogen (secondary N) is 1. The number of ether oxygens (including phenoxy) is 2. The zero-order valence-corrected chi connectivity index (χ0v) is 9.88. The molecule has 1 atom stereocenters. The topological polar surface area (TPSA) is 73.6 Å². The van der Waals surface area contributed by atoms with Gasteiger partial charge in [-0.05, 0) is 6.07 Å². The molecule has 0 spiro atoms. The number of hydrogen-bond acceptors (Lipinski definition) is 5. The molecule has 0 bridgehead atoms. The fourth-order valence-corrected chi connectivity index (χ4v) is 1.36. The van der Waals surface area contributed by atoms with Crippen LogP contribution in [0.15, 0.2) is 24.3 Å². The maximum absolute atomic E-state index is 10.6. The van der Waals surface area contributed by atoms with Crippen LogP contribution >= 0.6 is 0 Å². The number of nitro benzene ring substituents is 1. The van der Waals surface area contributed by atoms with Gasteiger partial charge in [-0.1, -0.05) is 6.07 Å². The number of hydrogen-bond donors (Lipinski definition) is 1. The summed E-state index contributed by atoms with van der Waals surface area (Å²) in [6.07, 6.45) is -0.0840. The van der Waals surface area contributed by atoms with Crippen molar-refractivity contribution < 1.29 is 14.4 Å². The Hall–Kier alpha value is -1.66. The quantitative estimate of drug-likeness (QED) is 0.579. The van der Waals surface area contributed by atoms with Gasteiger partial charge in [0.2, 0.25) is 0 Å². The number of methoxy groups -OCH3 is 2. The Kier molecular flexibility index (Phi) is 5.38. The maximum Gasteiger partial charge on any atom is 0.271 e. The number of nitro groups is 1. The van der Waals surface area contributed by atoms with E-state index in [4.69, 9.17) is 9.47 Å². The average Bonchev–Trinajstić information content (AvgIpc) is 2.34. The Balaban J connectivity index is 2.56. The van der Waals surface area contributed by atoms with Crippen LogP contribution in [0.25, 0.3) is 0 Å². The van der Waals surface area contributed by atoms with Gasteiger partial charge in [0, 0.05) is 38.6 Å². The maximum atomic E-state index is 10.6. The first-order valence-electron chi connectivity index (χ1n) is 5.17. The minimum absolute atomic E-state index is 0.0655. The fourth-order valence-electron chi connectivity index (χ4n) is 1.36. The molecular weight excluding hydrogens is 224 g/mol. The molecule has 1 aromatic rings. The van der Waals surface area contributed by atoms with E-state index >= 15 is 0 Å². The summed E-state index contributed by atoms with van der Waals surface area (Å²) in [6.45, 7) is 1.00. The van der Waals surface area contributed by atoms with E-state index in [9.17, 15) is 10.1 Å². The van der Waals surface area contributed by atoms with E-state index in [0.717, 1.165) is 0 Å². The van der Waals surface area contributed by atoms with E-state index in [1.807, 2.05) is 0 Å². The van der Waals surface area contributed by atoms with Gasteiger partial charge in [-0.2, -0.15) is 0 Å². The van der Waals surface area contributed by atoms with E-state index < -0.39 is 4.92 Å². The van der Waals surface area contributed by atoms with E-state index in [2.05, 4.69) is 5.32 Å². The second-order valence-electron chi connectivity index (χ2n) is 3.50. The Morgan fingerprint density at radius 3 is 2.82 bits per heavy atom. The summed E-state index contributed by atoms with van der Waals surface area (Å²) in [5, 5.41) is 13.6. The first-order chi connectivity index (χ1) is 8.17. The van der Waals surface area contributed by atoms with Gasteiger partial charge in [0.15, 0.2) is 0 Å². The van der Waals surface area contributed by atoms with Crippen molar-refractivity contribution in [1.29, 1.82) is 0 Å². The van der Waals surface area contributed by atoms with Crippen molar-refractivity contribution in [1.82, 2.24) is 0 Å². The molecular formula is C11H16N2O4. The molecule has 1 N–H and O–H groups in total. The molecule has 0 aliphatic carbocycles. The van der Waals surface area contributed by atoms with Gasteiger partial charge in [0.25, 0.3) is 5.69 Å². The van der Waals surface area contributed by atoms with E-state index in [1.54, 1.807) is 26.4 Å². The monoisotopic (exact) mass is 240 g/mol. The normalized spacial score (nSPS) is 12.1. The summed E-state index contributed by atoms with van der Waals surface area (Å²) in [6, 6.07) is 6.35. The van der Waals surface area contributed by atoms with Crippen molar-refractivity contribution >= 4 is 11.4 Å². The summed E-state index contributed by atoms with van der Waals surface area (Å²) >= 11 is 0. The second kappa shape index (κ2) is 6.82. The predicted molar refractivity (Wildman–Crippen MR) is 64.3 cm³/mol. The lowest BCUT2D eigenvalue weighted by Gasteiger charge is -2.15. The largest absolute Gasteiger partial charge is 0.382 e. The van der Waals surface area contributed by atoms with Crippen molar-refractivity contribution in [2.75, 3.05) is 32.7 Å². The molecule has 0 fully saturated rings. The highest BCUT2D eigenvalue weighted by molar-refractivity contribution is 5.50. The van der Waals surface area contributed by atoms with Crippen LogP contribution in [0.4, 0.5) is 11.4 Å². The number of anilines is 1. The Morgan fingerprint density at radius 2 is 2.24 bits per heavy atom. The number of rotatable bonds is 7. The van der Waals surface area contributed by atoms with Crippen LogP contribution in [-0.2, 0) is 9.47 Å². The third kappa shape index (κ3) is 4.38. The zero-order valence-electron chi connectivity index (χ0n) is 9.88. The molecule has 0 aliphatic heterocycles. The molecule has 0 saturated carbocycles. The number of non-ortho nitro benzene ring substituents is 1. The van der Waals surface area contributed by atoms with Crippen molar-refractivity contribution in [3.8, 4) is 0 Å². The third-order valence-electron chi connectivity index (χ3n) is 2.28. The molecule has 6 heteroatoms. The lowest BCUT2D eigenvalue weighted by Crippen LogP contribution is -2.26. The Labute approximate surface area is 99.7 Å². The van der Waals surface area contributed by atoms with Crippen molar-refractivity contribution in [3.05, 3.63) is 34.4 Å². The average molecular weight is 240 g/mol. The van der Waals surface area contributed by atoms with Crippen molar-refractivity contribution in [2.24, 2.45) is 0 Å². The molecule has 17 heavy (non-hydrogen) atoms. The summed E-state index contributed by atoms with van der Waals surface area (Å²) in [7, 11) is 3.19. The molecule has 1 unspecified atom stereocenters. The molecule has 0 aromatic heterocycles. The SMILES string of the molecule is COCC(CNc1cccc([N+](=O)[O-])c1)OC. The molecule has 6 nitrogen and oxygen atoms in total. The third-order valence-corrected chi connectivity index (χ3v) is 2.28. The highest BCUT2D eigenvalue weighted by Crippen LogP contribution is 2.16. The molecule has 1 rings (SSSR count). The van der Waals surface area contributed by atoms with Crippen LogP contribution in [0, 0.1) is 10.1 Å². The molecule has 94 valence electrons. The van der Waals surface area contributed by atoms with Crippen LogP contribution in [0.2, 0.25) is 0 Å². The van der Waals surface area contributed by atoms with Gasteiger partial charge in [0.05, 0.1) is 17.6 Å². The van der Waals surface area contributed by atoms with E-state index in [1.165, 1.54) is 12.1 Å². The first kappa shape index (κ1) is 13.4. The van der Waals surface area contributed by atoms with Gasteiger partial charge in [-0.25, -0.2) is 0 Å². The zero-order chi connectivity index (χ0) is 12.7. The van der Waals surface area contributed by atoms with Gasteiger partial charge in [-0.3, -0.25) is 10.1 Å². The van der Waals surface area contributed by atoms with Gasteiger partial charge < -0.3 is 14.8 Å². The van der Waals surface area contributed by atoms with Crippen LogP contribution in [0.3, 0.4) is 0 Å². The lowest BCUT2D eigenvalue weighted by atomic mass is 10.2. The fraction of sp³-hybridized carbons (Fsp3) is 0.455.